The van der Waals surface area contributed by atoms with Crippen LogP contribution in [0.3, 0.4) is 0 Å². The predicted molar refractivity (Wildman–Crippen MR) is 92.9 cm³/mol. The summed E-state index contributed by atoms with van der Waals surface area (Å²) in [4.78, 5) is 25.6. The minimum absolute atomic E-state index is 0.130. The molecule has 6 nitrogen and oxygen atoms in total. The number of anilines is 1. The first-order chi connectivity index (χ1) is 11.6. The van der Waals surface area contributed by atoms with Crippen molar-refractivity contribution in [3.05, 3.63) is 60.2 Å². The summed E-state index contributed by atoms with van der Waals surface area (Å²) >= 11 is 0. The number of carbonyl (C=O) groups excluding carboxylic acids is 2. The first-order valence-electron chi connectivity index (χ1n) is 7.54. The molecule has 0 spiro atoms. The van der Waals surface area contributed by atoms with Gasteiger partial charge >= 0.3 is 6.03 Å². The molecule has 0 aromatic heterocycles. The average molecular weight is 327 g/mol. The van der Waals surface area contributed by atoms with Crippen LogP contribution >= 0.6 is 0 Å². The fourth-order valence-electron chi connectivity index (χ4n) is 2.20. The molecule has 2 aromatic carbocycles. The average Bonchev–Trinajstić information content (AvgIpc) is 2.56. The molecule has 2 aromatic rings. The SMILES string of the molecule is COc1ccc(NC(=O)NC(=O)CN(C)Cc2ccccc2)cc1. The highest BCUT2D eigenvalue weighted by atomic mass is 16.5. The van der Waals surface area contributed by atoms with Crippen LogP contribution in [0, 0.1) is 0 Å². The lowest BCUT2D eigenvalue weighted by Crippen LogP contribution is -2.40. The molecule has 0 aliphatic heterocycles. The Labute approximate surface area is 141 Å². The van der Waals surface area contributed by atoms with Gasteiger partial charge in [0.05, 0.1) is 13.7 Å². The van der Waals surface area contributed by atoms with E-state index in [1.54, 1.807) is 31.4 Å². The number of hydrogen-bond acceptors (Lipinski definition) is 4. The molecular formula is C18H21N3O3. The van der Waals surface area contributed by atoms with E-state index in [2.05, 4.69) is 10.6 Å². The number of nitrogens with zero attached hydrogens (tertiary/aromatic N) is 1. The van der Waals surface area contributed by atoms with Crippen LogP contribution < -0.4 is 15.4 Å². The summed E-state index contributed by atoms with van der Waals surface area (Å²) < 4.78 is 5.04. The van der Waals surface area contributed by atoms with E-state index in [-0.39, 0.29) is 12.5 Å². The molecule has 0 unspecified atom stereocenters. The lowest BCUT2D eigenvalue weighted by Gasteiger charge is -2.16. The maximum absolute atomic E-state index is 11.9. The van der Waals surface area contributed by atoms with Crippen molar-refractivity contribution in [3.8, 4) is 5.75 Å². The number of likely N-dealkylation sites (N-methyl/N-ethyl adjacent to an activating group) is 1. The van der Waals surface area contributed by atoms with Gasteiger partial charge in [-0.05, 0) is 36.9 Å². The van der Waals surface area contributed by atoms with Crippen molar-refractivity contribution in [1.82, 2.24) is 10.2 Å². The summed E-state index contributed by atoms with van der Waals surface area (Å²) in [7, 11) is 3.40. The zero-order valence-corrected chi connectivity index (χ0v) is 13.8. The van der Waals surface area contributed by atoms with Crippen molar-refractivity contribution in [1.29, 1.82) is 0 Å². The number of methoxy groups -OCH3 is 1. The Kier molecular flexibility index (Phi) is 6.33. The van der Waals surface area contributed by atoms with Gasteiger partial charge < -0.3 is 10.1 Å². The van der Waals surface area contributed by atoms with E-state index in [1.165, 1.54) is 0 Å². The molecule has 0 saturated heterocycles. The number of nitrogens with one attached hydrogen (secondary N) is 2. The van der Waals surface area contributed by atoms with Crippen LogP contribution in [0.5, 0.6) is 5.75 Å². The van der Waals surface area contributed by atoms with Crippen LogP contribution in [-0.2, 0) is 11.3 Å². The first-order valence-corrected chi connectivity index (χ1v) is 7.54. The molecule has 0 heterocycles. The summed E-state index contributed by atoms with van der Waals surface area (Å²) in [6.45, 7) is 0.763. The van der Waals surface area contributed by atoms with Crippen LogP contribution in [0.2, 0.25) is 0 Å². The molecule has 2 rings (SSSR count). The molecule has 0 aliphatic rings. The molecule has 0 aliphatic carbocycles. The van der Waals surface area contributed by atoms with Gasteiger partial charge in [-0.15, -0.1) is 0 Å². The molecule has 6 heteroatoms. The molecule has 126 valence electrons. The summed E-state index contributed by atoms with van der Waals surface area (Å²) in [5, 5.41) is 4.91. The third-order valence-corrected chi connectivity index (χ3v) is 3.31. The van der Waals surface area contributed by atoms with E-state index in [0.29, 0.717) is 18.0 Å². The van der Waals surface area contributed by atoms with E-state index in [9.17, 15) is 9.59 Å². The van der Waals surface area contributed by atoms with E-state index in [4.69, 9.17) is 4.74 Å². The van der Waals surface area contributed by atoms with Crippen molar-refractivity contribution < 1.29 is 14.3 Å². The number of hydrogen-bond donors (Lipinski definition) is 2. The minimum Gasteiger partial charge on any atom is -0.497 e. The fraction of sp³-hybridized carbons (Fsp3) is 0.222. The van der Waals surface area contributed by atoms with Gasteiger partial charge in [-0.25, -0.2) is 4.79 Å². The highest BCUT2D eigenvalue weighted by Crippen LogP contribution is 2.14. The number of carbonyl (C=O) groups is 2. The zero-order chi connectivity index (χ0) is 17.4. The van der Waals surface area contributed by atoms with E-state index < -0.39 is 6.03 Å². The molecule has 2 N–H and O–H groups in total. The number of imide groups is 1. The number of rotatable bonds is 6. The molecule has 0 radical (unpaired) electrons. The lowest BCUT2D eigenvalue weighted by atomic mass is 10.2. The van der Waals surface area contributed by atoms with Crippen LogP contribution in [0.25, 0.3) is 0 Å². The standard InChI is InChI=1S/C18H21N3O3/c1-21(12-14-6-4-3-5-7-14)13-17(22)20-18(23)19-15-8-10-16(24-2)11-9-15/h3-11H,12-13H2,1-2H3,(H2,19,20,22,23). The molecule has 0 atom stereocenters. The van der Waals surface area contributed by atoms with Crippen molar-refractivity contribution in [2.75, 3.05) is 26.0 Å². The zero-order valence-electron chi connectivity index (χ0n) is 13.8. The van der Waals surface area contributed by atoms with Crippen molar-refractivity contribution in [3.63, 3.8) is 0 Å². The quantitative estimate of drug-likeness (QED) is 0.855. The maximum atomic E-state index is 11.9. The van der Waals surface area contributed by atoms with Gasteiger partial charge in [0.15, 0.2) is 0 Å². The smallest absolute Gasteiger partial charge is 0.325 e. The number of ether oxygens (including phenoxy) is 1. The van der Waals surface area contributed by atoms with Gasteiger partial charge in [-0.3, -0.25) is 15.0 Å². The Morgan fingerprint density at radius 3 is 2.33 bits per heavy atom. The molecule has 24 heavy (non-hydrogen) atoms. The van der Waals surface area contributed by atoms with E-state index in [0.717, 1.165) is 5.56 Å². The van der Waals surface area contributed by atoms with Gasteiger partial charge in [-0.2, -0.15) is 0 Å². The molecule has 0 saturated carbocycles. The number of urea groups is 1. The van der Waals surface area contributed by atoms with Crippen molar-refractivity contribution in [2.45, 2.75) is 6.54 Å². The molecule has 0 fully saturated rings. The highest BCUT2D eigenvalue weighted by molar-refractivity contribution is 6.01. The lowest BCUT2D eigenvalue weighted by molar-refractivity contribution is -0.120. The Hall–Kier alpha value is -2.86. The maximum Gasteiger partial charge on any atom is 0.325 e. The normalized spacial score (nSPS) is 10.3. The van der Waals surface area contributed by atoms with E-state index in [1.807, 2.05) is 42.3 Å². The molecule has 0 bridgehead atoms. The number of benzene rings is 2. The topological polar surface area (TPSA) is 70.7 Å². The van der Waals surface area contributed by atoms with Gasteiger partial charge in [0.25, 0.3) is 0 Å². The molecule has 3 amide bonds. The van der Waals surface area contributed by atoms with Crippen molar-refractivity contribution >= 4 is 17.6 Å². The summed E-state index contributed by atoms with van der Waals surface area (Å²) in [6.07, 6.45) is 0. The van der Waals surface area contributed by atoms with Gasteiger partial charge in [0.2, 0.25) is 5.91 Å². The predicted octanol–water partition coefficient (Wildman–Crippen LogP) is 2.48. The number of amides is 3. The van der Waals surface area contributed by atoms with Crippen LogP contribution in [0.4, 0.5) is 10.5 Å². The monoisotopic (exact) mass is 327 g/mol. The van der Waals surface area contributed by atoms with Gasteiger partial charge in [0, 0.05) is 12.2 Å². The Balaban J connectivity index is 1.77. The minimum atomic E-state index is -0.557. The second-order valence-corrected chi connectivity index (χ2v) is 5.39. The Morgan fingerprint density at radius 2 is 1.71 bits per heavy atom. The summed E-state index contributed by atoms with van der Waals surface area (Å²) in [5.41, 5.74) is 1.69. The highest BCUT2D eigenvalue weighted by Gasteiger charge is 2.11. The van der Waals surface area contributed by atoms with Gasteiger partial charge in [-0.1, -0.05) is 30.3 Å². The summed E-state index contributed by atoms with van der Waals surface area (Å²) in [6, 6.07) is 16.1. The summed E-state index contributed by atoms with van der Waals surface area (Å²) in [5.74, 6) is 0.332. The second-order valence-electron chi connectivity index (χ2n) is 5.39. The fourth-order valence-corrected chi connectivity index (χ4v) is 2.20. The Bertz CT molecular complexity index is 672. The first kappa shape index (κ1) is 17.5. The van der Waals surface area contributed by atoms with Crippen LogP contribution in [0.1, 0.15) is 5.56 Å². The Morgan fingerprint density at radius 1 is 1.04 bits per heavy atom. The van der Waals surface area contributed by atoms with Gasteiger partial charge in [0.1, 0.15) is 5.75 Å². The third-order valence-electron chi connectivity index (χ3n) is 3.31. The third kappa shape index (κ3) is 5.73. The molecular weight excluding hydrogens is 306 g/mol. The largest absolute Gasteiger partial charge is 0.497 e. The van der Waals surface area contributed by atoms with Crippen LogP contribution in [-0.4, -0.2) is 37.5 Å². The second kappa shape index (κ2) is 8.69. The van der Waals surface area contributed by atoms with Crippen molar-refractivity contribution in [2.24, 2.45) is 0 Å². The van der Waals surface area contributed by atoms with E-state index >= 15 is 0 Å². The van der Waals surface area contributed by atoms with Crippen LogP contribution in [0.15, 0.2) is 54.6 Å².